The smallest absolute Gasteiger partial charge is 0.251 e. The molecule has 1 aliphatic heterocycles. The molecule has 2 amide bonds. The van der Waals surface area contributed by atoms with E-state index < -0.39 is 11.7 Å². The largest absolute Gasteiger partial charge is 0.381 e. The van der Waals surface area contributed by atoms with Crippen LogP contribution in [0.4, 0.5) is 4.39 Å². The molecule has 0 spiro atoms. The standard InChI is InChI=1S/C21H22BrFN2O3/c22-17-3-1-2-16(12-17)21(8-10-28-11-9-21)14-25-19(26)13-24-20(27)15-4-6-18(23)7-5-15/h1-7,12H,8-11,13-14H2,(H,24,27)(H,25,26). The fraction of sp³-hybridized carbons (Fsp3) is 0.333. The van der Waals surface area contributed by atoms with Crippen LogP contribution < -0.4 is 10.6 Å². The number of hydrogen-bond donors (Lipinski definition) is 2. The average molecular weight is 449 g/mol. The topological polar surface area (TPSA) is 67.4 Å². The zero-order valence-electron chi connectivity index (χ0n) is 15.3. The Hall–Kier alpha value is -2.25. The van der Waals surface area contributed by atoms with E-state index >= 15 is 0 Å². The molecule has 1 heterocycles. The van der Waals surface area contributed by atoms with Gasteiger partial charge in [0.25, 0.3) is 5.91 Å². The zero-order valence-corrected chi connectivity index (χ0v) is 16.9. The summed E-state index contributed by atoms with van der Waals surface area (Å²) in [6.45, 7) is 1.62. The molecule has 2 N–H and O–H groups in total. The number of nitrogens with one attached hydrogen (secondary N) is 2. The minimum atomic E-state index is -0.414. The van der Waals surface area contributed by atoms with E-state index in [1.54, 1.807) is 0 Å². The number of benzene rings is 2. The highest BCUT2D eigenvalue weighted by atomic mass is 79.9. The molecule has 0 radical (unpaired) electrons. The Bertz CT molecular complexity index is 836. The predicted octanol–water partition coefficient (Wildman–Crippen LogP) is 3.18. The third kappa shape index (κ3) is 5.17. The van der Waals surface area contributed by atoms with E-state index in [0.717, 1.165) is 22.9 Å². The molecule has 2 aromatic rings. The molecule has 0 unspecified atom stereocenters. The van der Waals surface area contributed by atoms with E-state index in [0.29, 0.717) is 25.3 Å². The molecule has 0 bridgehead atoms. The summed E-state index contributed by atoms with van der Waals surface area (Å²) in [4.78, 5) is 24.3. The van der Waals surface area contributed by atoms with Gasteiger partial charge in [0.2, 0.25) is 5.91 Å². The van der Waals surface area contributed by atoms with Crippen LogP contribution in [0, 0.1) is 5.82 Å². The molecule has 1 aliphatic rings. The second-order valence-corrected chi connectivity index (χ2v) is 7.79. The molecule has 1 fully saturated rings. The molecule has 5 nitrogen and oxygen atoms in total. The second-order valence-electron chi connectivity index (χ2n) is 6.87. The first kappa shape index (κ1) is 20.5. The Labute approximate surface area is 171 Å². The van der Waals surface area contributed by atoms with E-state index in [1.807, 2.05) is 12.1 Å². The Morgan fingerprint density at radius 1 is 1.07 bits per heavy atom. The quantitative estimate of drug-likeness (QED) is 0.712. The van der Waals surface area contributed by atoms with Crippen LogP contribution >= 0.6 is 15.9 Å². The normalized spacial score (nSPS) is 15.6. The van der Waals surface area contributed by atoms with Gasteiger partial charge in [-0.3, -0.25) is 9.59 Å². The molecule has 148 valence electrons. The number of ether oxygens (including phenoxy) is 1. The van der Waals surface area contributed by atoms with Crippen molar-refractivity contribution in [1.82, 2.24) is 10.6 Å². The Morgan fingerprint density at radius 3 is 2.46 bits per heavy atom. The van der Waals surface area contributed by atoms with Crippen molar-refractivity contribution in [2.45, 2.75) is 18.3 Å². The van der Waals surface area contributed by atoms with Gasteiger partial charge in [-0.25, -0.2) is 4.39 Å². The lowest BCUT2D eigenvalue weighted by atomic mass is 9.74. The van der Waals surface area contributed by atoms with E-state index in [2.05, 4.69) is 38.7 Å². The van der Waals surface area contributed by atoms with Crippen molar-refractivity contribution >= 4 is 27.7 Å². The summed E-state index contributed by atoms with van der Waals surface area (Å²) in [5.41, 5.74) is 1.27. The molecule has 0 saturated carbocycles. The summed E-state index contributed by atoms with van der Waals surface area (Å²) in [5.74, 6) is -1.09. The molecule has 0 atom stereocenters. The van der Waals surface area contributed by atoms with Gasteiger partial charge in [0, 0.05) is 35.2 Å². The summed E-state index contributed by atoms with van der Waals surface area (Å²) in [5, 5.41) is 5.50. The highest BCUT2D eigenvalue weighted by Crippen LogP contribution is 2.35. The SMILES string of the molecule is O=C(CNC(=O)c1ccc(F)cc1)NCC1(c2cccc(Br)c2)CCOCC1. The van der Waals surface area contributed by atoms with Gasteiger partial charge in [-0.05, 0) is 54.8 Å². The van der Waals surface area contributed by atoms with Crippen LogP contribution in [0.3, 0.4) is 0 Å². The third-order valence-electron chi connectivity index (χ3n) is 5.03. The number of amides is 2. The number of carbonyl (C=O) groups is 2. The molecular formula is C21H22BrFN2O3. The van der Waals surface area contributed by atoms with Gasteiger partial charge in [-0.15, -0.1) is 0 Å². The minimum Gasteiger partial charge on any atom is -0.381 e. The lowest BCUT2D eigenvalue weighted by Crippen LogP contribution is -2.47. The lowest BCUT2D eigenvalue weighted by molar-refractivity contribution is -0.120. The molecule has 28 heavy (non-hydrogen) atoms. The summed E-state index contributed by atoms with van der Waals surface area (Å²) in [6.07, 6.45) is 1.62. The molecule has 1 saturated heterocycles. The summed E-state index contributed by atoms with van der Waals surface area (Å²) >= 11 is 3.51. The summed E-state index contributed by atoms with van der Waals surface area (Å²) in [6, 6.07) is 13.3. The van der Waals surface area contributed by atoms with Gasteiger partial charge in [0.15, 0.2) is 0 Å². The van der Waals surface area contributed by atoms with Crippen LogP contribution in [0.5, 0.6) is 0 Å². The number of halogens is 2. The third-order valence-corrected chi connectivity index (χ3v) is 5.52. The van der Waals surface area contributed by atoms with E-state index in [4.69, 9.17) is 4.74 Å². The van der Waals surface area contributed by atoms with Gasteiger partial charge < -0.3 is 15.4 Å². The summed E-state index contributed by atoms with van der Waals surface area (Å²) < 4.78 is 19.4. The summed E-state index contributed by atoms with van der Waals surface area (Å²) in [7, 11) is 0. The maximum atomic E-state index is 12.9. The fourth-order valence-electron chi connectivity index (χ4n) is 3.34. The van der Waals surface area contributed by atoms with Crippen molar-refractivity contribution in [3.63, 3.8) is 0 Å². The number of hydrogen-bond acceptors (Lipinski definition) is 3. The first-order chi connectivity index (χ1) is 13.5. The van der Waals surface area contributed by atoms with Gasteiger partial charge in [-0.1, -0.05) is 28.1 Å². The van der Waals surface area contributed by atoms with Crippen molar-refractivity contribution in [2.75, 3.05) is 26.3 Å². The maximum Gasteiger partial charge on any atom is 0.251 e. The van der Waals surface area contributed by atoms with Crippen molar-refractivity contribution in [3.05, 3.63) is 69.9 Å². The number of rotatable bonds is 6. The van der Waals surface area contributed by atoms with E-state index in [9.17, 15) is 14.0 Å². The Morgan fingerprint density at radius 2 is 1.79 bits per heavy atom. The monoisotopic (exact) mass is 448 g/mol. The fourth-order valence-corrected chi connectivity index (χ4v) is 3.74. The highest BCUT2D eigenvalue weighted by Gasteiger charge is 2.35. The molecule has 2 aromatic carbocycles. The van der Waals surface area contributed by atoms with Crippen molar-refractivity contribution in [3.8, 4) is 0 Å². The molecule has 3 rings (SSSR count). The van der Waals surface area contributed by atoms with Crippen LogP contribution in [0.15, 0.2) is 53.0 Å². The first-order valence-corrected chi connectivity index (χ1v) is 9.92. The van der Waals surface area contributed by atoms with Gasteiger partial charge in [0.05, 0.1) is 6.54 Å². The molecular weight excluding hydrogens is 427 g/mol. The van der Waals surface area contributed by atoms with Gasteiger partial charge in [0.1, 0.15) is 5.82 Å². The second kappa shape index (κ2) is 9.30. The van der Waals surface area contributed by atoms with Crippen molar-refractivity contribution < 1.29 is 18.7 Å². The lowest BCUT2D eigenvalue weighted by Gasteiger charge is -2.38. The predicted molar refractivity (Wildman–Crippen MR) is 108 cm³/mol. The Kier molecular flexibility index (Phi) is 6.80. The molecule has 0 aromatic heterocycles. The maximum absolute atomic E-state index is 12.9. The number of carbonyl (C=O) groups excluding carboxylic acids is 2. The van der Waals surface area contributed by atoms with Crippen molar-refractivity contribution in [1.29, 1.82) is 0 Å². The molecule has 7 heteroatoms. The van der Waals surface area contributed by atoms with Crippen LogP contribution in [0.1, 0.15) is 28.8 Å². The minimum absolute atomic E-state index is 0.138. The first-order valence-electron chi connectivity index (χ1n) is 9.13. The van der Waals surface area contributed by atoms with Crippen LogP contribution in [-0.2, 0) is 14.9 Å². The van der Waals surface area contributed by atoms with Crippen LogP contribution in [0.2, 0.25) is 0 Å². The van der Waals surface area contributed by atoms with Crippen LogP contribution in [0.25, 0.3) is 0 Å². The zero-order chi connectivity index (χ0) is 20.0. The van der Waals surface area contributed by atoms with E-state index in [1.165, 1.54) is 24.3 Å². The average Bonchev–Trinajstić information content (AvgIpc) is 2.72. The van der Waals surface area contributed by atoms with E-state index in [-0.39, 0.29) is 17.9 Å². The highest BCUT2D eigenvalue weighted by molar-refractivity contribution is 9.10. The van der Waals surface area contributed by atoms with Crippen molar-refractivity contribution in [2.24, 2.45) is 0 Å². The Balaban J connectivity index is 1.58. The van der Waals surface area contributed by atoms with Crippen LogP contribution in [-0.4, -0.2) is 38.1 Å². The van der Waals surface area contributed by atoms with Gasteiger partial charge >= 0.3 is 0 Å². The van der Waals surface area contributed by atoms with Gasteiger partial charge in [-0.2, -0.15) is 0 Å². The molecule has 0 aliphatic carbocycles.